The molecule has 0 amide bonds. The standard InChI is InChI=1S/C13H13BrO3/c1-2-16-13(15)12-10(8-14)7-9-5-3-4-6-11(9)17-12/h3-7,12H,2,8H2,1H3/t12-/m1/s1. The van der Waals surface area contributed by atoms with E-state index in [1.165, 1.54) is 0 Å². The van der Waals surface area contributed by atoms with Crippen molar-refractivity contribution in [3.63, 3.8) is 0 Å². The smallest absolute Gasteiger partial charge is 0.351 e. The van der Waals surface area contributed by atoms with Gasteiger partial charge in [0.1, 0.15) is 5.75 Å². The summed E-state index contributed by atoms with van der Waals surface area (Å²) in [5, 5.41) is 0.588. The summed E-state index contributed by atoms with van der Waals surface area (Å²) in [6.07, 6.45) is 1.33. The van der Waals surface area contributed by atoms with Crippen molar-refractivity contribution >= 4 is 28.0 Å². The minimum absolute atomic E-state index is 0.340. The summed E-state index contributed by atoms with van der Waals surface area (Å²) in [7, 11) is 0. The Hall–Kier alpha value is -1.29. The number of carbonyl (C=O) groups excluding carboxylic acids is 1. The van der Waals surface area contributed by atoms with E-state index in [-0.39, 0.29) is 5.97 Å². The molecule has 1 atom stereocenters. The lowest BCUT2D eigenvalue weighted by molar-refractivity contribution is -0.149. The van der Waals surface area contributed by atoms with Gasteiger partial charge in [0, 0.05) is 10.9 Å². The highest BCUT2D eigenvalue weighted by Crippen LogP contribution is 2.30. The third-order valence-electron chi connectivity index (χ3n) is 2.50. The number of alkyl halides is 1. The van der Waals surface area contributed by atoms with Crippen LogP contribution in [0.1, 0.15) is 12.5 Å². The molecule has 4 heteroatoms. The second kappa shape index (κ2) is 5.36. The lowest BCUT2D eigenvalue weighted by Crippen LogP contribution is -2.33. The highest BCUT2D eigenvalue weighted by molar-refractivity contribution is 9.09. The molecule has 0 N–H and O–H groups in total. The Bertz CT molecular complexity index is 454. The van der Waals surface area contributed by atoms with Gasteiger partial charge in [0.2, 0.25) is 6.10 Å². The van der Waals surface area contributed by atoms with Gasteiger partial charge in [-0.1, -0.05) is 34.1 Å². The molecule has 0 aromatic heterocycles. The van der Waals surface area contributed by atoms with Gasteiger partial charge in [0.05, 0.1) is 6.61 Å². The predicted molar refractivity (Wildman–Crippen MR) is 69.3 cm³/mol. The maximum Gasteiger partial charge on any atom is 0.351 e. The summed E-state index contributed by atoms with van der Waals surface area (Å²) < 4.78 is 10.7. The zero-order chi connectivity index (χ0) is 12.3. The number of hydrogen-bond acceptors (Lipinski definition) is 3. The van der Waals surface area contributed by atoms with E-state index in [9.17, 15) is 4.79 Å². The Morgan fingerprint density at radius 1 is 1.47 bits per heavy atom. The Balaban J connectivity index is 2.30. The Morgan fingerprint density at radius 2 is 2.24 bits per heavy atom. The van der Waals surface area contributed by atoms with Crippen molar-refractivity contribution in [3.8, 4) is 5.75 Å². The number of ether oxygens (including phenoxy) is 2. The van der Waals surface area contributed by atoms with Crippen molar-refractivity contribution in [2.45, 2.75) is 13.0 Å². The summed E-state index contributed by atoms with van der Waals surface area (Å²) in [4.78, 5) is 11.8. The maximum atomic E-state index is 11.8. The summed E-state index contributed by atoms with van der Waals surface area (Å²) in [6, 6.07) is 7.63. The van der Waals surface area contributed by atoms with Crippen molar-refractivity contribution in [2.75, 3.05) is 11.9 Å². The molecule has 1 aliphatic heterocycles. The number of fused-ring (bicyclic) bond motifs is 1. The van der Waals surface area contributed by atoms with Gasteiger partial charge in [-0.05, 0) is 24.6 Å². The minimum atomic E-state index is -0.635. The number of halogens is 1. The highest BCUT2D eigenvalue weighted by Gasteiger charge is 2.29. The first-order valence-electron chi connectivity index (χ1n) is 5.45. The number of benzene rings is 1. The number of para-hydroxylation sites is 1. The van der Waals surface area contributed by atoms with Crippen LogP contribution in [0, 0.1) is 0 Å². The minimum Gasteiger partial charge on any atom is -0.474 e. The van der Waals surface area contributed by atoms with Gasteiger partial charge in [-0.15, -0.1) is 0 Å². The fourth-order valence-corrected chi connectivity index (χ4v) is 2.17. The topological polar surface area (TPSA) is 35.5 Å². The number of esters is 1. The van der Waals surface area contributed by atoms with E-state index in [4.69, 9.17) is 9.47 Å². The van der Waals surface area contributed by atoms with Crippen LogP contribution in [0.3, 0.4) is 0 Å². The Kier molecular flexibility index (Phi) is 3.84. The summed E-state index contributed by atoms with van der Waals surface area (Å²) >= 11 is 3.37. The highest BCUT2D eigenvalue weighted by atomic mass is 79.9. The molecule has 1 aromatic carbocycles. The molecule has 0 spiro atoms. The van der Waals surface area contributed by atoms with Gasteiger partial charge in [-0.3, -0.25) is 0 Å². The van der Waals surface area contributed by atoms with Crippen LogP contribution >= 0.6 is 15.9 Å². The van der Waals surface area contributed by atoms with Crippen molar-refractivity contribution in [1.82, 2.24) is 0 Å². The molecule has 90 valence electrons. The molecular weight excluding hydrogens is 284 g/mol. The zero-order valence-corrected chi connectivity index (χ0v) is 11.1. The molecule has 0 radical (unpaired) electrons. The average Bonchev–Trinajstić information content (AvgIpc) is 2.37. The van der Waals surface area contributed by atoms with E-state index in [2.05, 4.69) is 15.9 Å². The molecule has 1 aliphatic rings. The van der Waals surface area contributed by atoms with Gasteiger partial charge in [-0.25, -0.2) is 4.79 Å². The van der Waals surface area contributed by atoms with Crippen LogP contribution in [0.5, 0.6) is 5.75 Å². The molecule has 2 rings (SSSR count). The van der Waals surface area contributed by atoms with E-state index < -0.39 is 6.10 Å². The van der Waals surface area contributed by atoms with Crippen molar-refractivity contribution in [3.05, 3.63) is 35.4 Å². The molecular formula is C13H13BrO3. The van der Waals surface area contributed by atoms with Gasteiger partial charge in [0.25, 0.3) is 0 Å². The van der Waals surface area contributed by atoms with Crippen LogP contribution in [-0.4, -0.2) is 24.0 Å². The average molecular weight is 297 g/mol. The number of hydrogen-bond donors (Lipinski definition) is 0. The number of carbonyl (C=O) groups is 1. The second-order valence-corrected chi connectivity index (χ2v) is 4.20. The summed E-state index contributed by atoms with van der Waals surface area (Å²) in [6.45, 7) is 2.14. The van der Waals surface area contributed by atoms with Crippen LogP contribution in [0.2, 0.25) is 0 Å². The fraction of sp³-hybridized carbons (Fsp3) is 0.308. The van der Waals surface area contributed by atoms with E-state index in [1.54, 1.807) is 6.92 Å². The van der Waals surface area contributed by atoms with E-state index in [0.29, 0.717) is 11.9 Å². The van der Waals surface area contributed by atoms with Crippen LogP contribution in [0.15, 0.2) is 29.8 Å². The quantitative estimate of drug-likeness (QED) is 0.636. The summed E-state index contributed by atoms with van der Waals surface area (Å²) in [5.74, 6) is 0.378. The third-order valence-corrected chi connectivity index (χ3v) is 3.14. The van der Waals surface area contributed by atoms with Gasteiger partial charge < -0.3 is 9.47 Å². The molecule has 0 unspecified atom stereocenters. The molecule has 0 saturated heterocycles. The molecule has 3 nitrogen and oxygen atoms in total. The first-order chi connectivity index (χ1) is 8.26. The van der Waals surface area contributed by atoms with Crippen molar-refractivity contribution in [1.29, 1.82) is 0 Å². The predicted octanol–water partition coefficient (Wildman–Crippen LogP) is 2.79. The van der Waals surface area contributed by atoms with Gasteiger partial charge >= 0.3 is 5.97 Å². The van der Waals surface area contributed by atoms with Crippen LogP contribution < -0.4 is 4.74 Å². The number of rotatable bonds is 3. The largest absolute Gasteiger partial charge is 0.474 e. The fourth-order valence-electron chi connectivity index (χ4n) is 1.71. The molecule has 0 bridgehead atoms. The SMILES string of the molecule is CCOC(=O)[C@@H]1Oc2ccccc2C=C1CBr. The zero-order valence-electron chi connectivity index (χ0n) is 9.48. The van der Waals surface area contributed by atoms with Crippen molar-refractivity contribution < 1.29 is 14.3 Å². The first-order valence-corrected chi connectivity index (χ1v) is 6.57. The monoisotopic (exact) mass is 296 g/mol. The molecule has 1 heterocycles. The molecule has 0 fully saturated rings. The molecule has 1 aromatic rings. The Morgan fingerprint density at radius 3 is 2.94 bits per heavy atom. The molecule has 0 aliphatic carbocycles. The molecule has 0 saturated carbocycles. The normalized spacial score (nSPS) is 17.8. The Labute approximate surface area is 109 Å². The maximum absolute atomic E-state index is 11.8. The van der Waals surface area contributed by atoms with E-state index >= 15 is 0 Å². The van der Waals surface area contributed by atoms with Gasteiger partial charge in [-0.2, -0.15) is 0 Å². The van der Waals surface area contributed by atoms with Crippen LogP contribution in [0.25, 0.3) is 6.08 Å². The lowest BCUT2D eigenvalue weighted by Gasteiger charge is -2.24. The van der Waals surface area contributed by atoms with E-state index in [0.717, 1.165) is 16.9 Å². The second-order valence-electron chi connectivity index (χ2n) is 3.64. The first kappa shape index (κ1) is 12.2. The molecule has 17 heavy (non-hydrogen) atoms. The summed E-state index contributed by atoms with van der Waals surface area (Å²) in [5.41, 5.74) is 1.87. The van der Waals surface area contributed by atoms with E-state index in [1.807, 2.05) is 30.3 Å². The van der Waals surface area contributed by atoms with Crippen LogP contribution in [-0.2, 0) is 9.53 Å². The van der Waals surface area contributed by atoms with Crippen molar-refractivity contribution in [2.24, 2.45) is 0 Å². The van der Waals surface area contributed by atoms with Gasteiger partial charge in [0.15, 0.2) is 0 Å². The van der Waals surface area contributed by atoms with Crippen LogP contribution in [0.4, 0.5) is 0 Å². The lowest BCUT2D eigenvalue weighted by atomic mass is 10.0. The third kappa shape index (κ3) is 2.52.